The summed E-state index contributed by atoms with van der Waals surface area (Å²) in [6.07, 6.45) is 7.85. The normalized spacial score (nSPS) is 30.6. The molecule has 0 bridgehead atoms. The maximum absolute atomic E-state index is 12.7. The number of pyridine rings is 1. The highest BCUT2D eigenvalue weighted by molar-refractivity contribution is 5.81. The van der Waals surface area contributed by atoms with Crippen LogP contribution >= 0.6 is 0 Å². The van der Waals surface area contributed by atoms with Gasteiger partial charge in [-0.3, -0.25) is 14.7 Å². The van der Waals surface area contributed by atoms with Gasteiger partial charge in [0.1, 0.15) is 6.10 Å². The van der Waals surface area contributed by atoms with E-state index in [1.807, 2.05) is 25.2 Å². The number of likely N-dealkylation sites (tertiary alicyclic amines) is 1. The molecule has 0 radical (unpaired) electrons. The topological polar surface area (TPSA) is 45.7 Å². The van der Waals surface area contributed by atoms with Crippen LogP contribution in [0.2, 0.25) is 0 Å². The van der Waals surface area contributed by atoms with E-state index in [1.165, 1.54) is 32.2 Å². The fourth-order valence-corrected chi connectivity index (χ4v) is 4.26. The van der Waals surface area contributed by atoms with E-state index in [0.29, 0.717) is 12.5 Å². The lowest BCUT2D eigenvalue weighted by atomic mass is 9.86. The number of carbonyl (C=O) groups is 1. The molecule has 4 rings (SSSR count). The lowest BCUT2D eigenvalue weighted by Gasteiger charge is -2.43. The van der Waals surface area contributed by atoms with Crippen molar-refractivity contribution in [3.05, 3.63) is 30.1 Å². The molecule has 1 aromatic heterocycles. The van der Waals surface area contributed by atoms with Gasteiger partial charge in [0, 0.05) is 25.8 Å². The van der Waals surface area contributed by atoms with Crippen LogP contribution in [0.5, 0.6) is 0 Å². The first-order chi connectivity index (χ1) is 11.7. The van der Waals surface area contributed by atoms with Crippen LogP contribution in [-0.2, 0) is 16.1 Å². The van der Waals surface area contributed by atoms with Crippen LogP contribution in [0, 0.1) is 5.92 Å². The summed E-state index contributed by atoms with van der Waals surface area (Å²) in [6.45, 7) is 2.74. The average molecular weight is 329 g/mol. The van der Waals surface area contributed by atoms with Gasteiger partial charge in [-0.05, 0) is 50.3 Å². The van der Waals surface area contributed by atoms with Crippen molar-refractivity contribution < 1.29 is 9.53 Å². The minimum atomic E-state index is -0.268. The smallest absolute Gasteiger partial charge is 0.251 e. The van der Waals surface area contributed by atoms with Gasteiger partial charge in [-0.25, -0.2) is 0 Å². The predicted octanol–water partition coefficient (Wildman–Crippen LogP) is 2.07. The number of rotatable bonds is 4. The molecule has 1 saturated carbocycles. The van der Waals surface area contributed by atoms with Crippen LogP contribution in [-0.4, -0.2) is 59.1 Å². The van der Waals surface area contributed by atoms with Crippen molar-refractivity contribution in [3.63, 3.8) is 0 Å². The summed E-state index contributed by atoms with van der Waals surface area (Å²) in [6, 6.07) is 6.58. The number of ether oxygens (including phenoxy) is 1. The van der Waals surface area contributed by atoms with Crippen LogP contribution in [0.25, 0.3) is 0 Å². The Balaban J connectivity index is 1.33. The number of aromatic nitrogens is 1. The molecule has 3 atom stereocenters. The van der Waals surface area contributed by atoms with E-state index in [9.17, 15) is 4.79 Å². The summed E-state index contributed by atoms with van der Waals surface area (Å²) >= 11 is 0. The number of nitrogens with zero attached hydrogens (tertiary/aromatic N) is 3. The van der Waals surface area contributed by atoms with Crippen molar-refractivity contribution in [1.82, 2.24) is 14.8 Å². The molecule has 130 valence electrons. The number of hydrogen-bond acceptors (Lipinski definition) is 4. The molecule has 3 aliphatic rings. The van der Waals surface area contributed by atoms with Gasteiger partial charge in [0.05, 0.1) is 18.3 Å². The largest absolute Gasteiger partial charge is 0.364 e. The van der Waals surface area contributed by atoms with Gasteiger partial charge in [0.15, 0.2) is 0 Å². The zero-order chi connectivity index (χ0) is 16.5. The Hall–Kier alpha value is -1.46. The molecule has 24 heavy (non-hydrogen) atoms. The molecule has 5 heteroatoms. The van der Waals surface area contributed by atoms with Crippen LogP contribution in [0.1, 0.15) is 37.8 Å². The van der Waals surface area contributed by atoms with Gasteiger partial charge < -0.3 is 9.64 Å². The third-order valence-corrected chi connectivity index (χ3v) is 5.95. The molecule has 5 nitrogen and oxygen atoms in total. The number of hydrogen-bond donors (Lipinski definition) is 0. The fourth-order valence-electron chi connectivity index (χ4n) is 4.26. The second-order valence-corrected chi connectivity index (χ2v) is 7.54. The second kappa shape index (κ2) is 6.81. The van der Waals surface area contributed by atoms with Gasteiger partial charge in [-0.15, -0.1) is 0 Å². The van der Waals surface area contributed by atoms with Crippen molar-refractivity contribution in [1.29, 1.82) is 0 Å². The Morgan fingerprint density at radius 1 is 1.38 bits per heavy atom. The van der Waals surface area contributed by atoms with E-state index in [4.69, 9.17) is 4.74 Å². The van der Waals surface area contributed by atoms with Crippen LogP contribution in [0.4, 0.5) is 0 Å². The summed E-state index contributed by atoms with van der Waals surface area (Å²) < 4.78 is 6.18. The molecule has 1 aliphatic carbocycles. The highest BCUT2D eigenvalue weighted by atomic mass is 16.5. The van der Waals surface area contributed by atoms with Gasteiger partial charge in [-0.2, -0.15) is 0 Å². The first kappa shape index (κ1) is 16.0. The zero-order valence-corrected chi connectivity index (χ0v) is 14.4. The van der Waals surface area contributed by atoms with Crippen molar-refractivity contribution in [2.75, 3.05) is 20.1 Å². The average Bonchev–Trinajstić information content (AvgIpc) is 2.96. The van der Waals surface area contributed by atoms with Crippen LogP contribution in [0.3, 0.4) is 0 Å². The Kier molecular flexibility index (Phi) is 4.55. The van der Waals surface area contributed by atoms with Gasteiger partial charge >= 0.3 is 0 Å². The predicted molar refractivity (Wildman–Crippen MR) is 91.3 cm³/mol. The Labute approximate surface area is 144 Å². The molecular weight excluding hydrogens is 302 g/mol. The van der Waals surface area contributed by atoms with E-state index in [1.54, 1.807) is 11.1 Å². The Bertz CT molecular complexity index is 575. The molecule has 1 amide bonds. The summed E-state index contributed by atoms with van der Waals surface area (Å²) in [7, 11) is 1.85. The molecular formula is C19H27N3O2. The highest BCUT2D eigenvalue weighted by Gasteiger charge is 2.44. The van der Waals surface area contributed by atoms with E-state index in [0.717, 1.165) is 24.7 Å². The first-order valence-corrected chi connectivity index (χ1v) is 9.25. The lowest BCUT2D eigenvalue weighted by molar-refractivity contribution is -0.143. The molecule has 1 aromatic rings. The van der Waals surface area contributed by atoms with Crippen LogP contribution < -0.4 is 0 Å². The Morgan fingerprint density at radius 2 is 2.25 bits per heavy atom. The van der Waals surface area contributed by atoms with E-state index in [2.05, 4.69) is 9.88 Å². The fraction of sp³-hybridized carbons (Fsp3) is 0.684. The molecule has 0 unspecified atom stereocenters. The van der Waals surface area contributed by atoms with Gasteiger partial charge in [0.2, 0.25) is 0 Å². The molecule has 0 N–H and O–H groups in total. The summed E-state index contributed by atoms with van der Waals surface area (Å²) in [5, 5.41) is 0. The molecule has 3 fully saturated rings. The second-order valence-electron chi connectivity index (χ2n) is 7.54. The summed E-state index contributed by atoms with van der Waals surface area (Å²) in [5.41, 5.74) is 0.917. The maximum Gasteiger partial charge on any atom is 0.251 e. The molecule has 2 saturated heterocycles. The third-order valence-electron chi connectivity index (χ3n) is 5.95. The molecule has 2 aliphatic heterocycles. The van der Waals surface area contributed by atoms with Crippen molar-refractivity contribution in [3.8, 4) is 0 Å². The van der Waals surface area contributed by atoms with Gasteiger partial charge in [0.25, 0.3) is 5.91 Å². The van der Waals surface area contributed by atoms with E-state index in [-0.39, 0.29) is 18.1 Å². The van der Waals surface area contributed by atoms with Crippen molar-refractivity contribution >= 4 is 5.91 Å². The third kappa shape index (κ3) is 3.20. The quantitative estimate of drug-likeness (QED) is 0.848. The monoisotopic (exact) mass is 329 g/mol. The van der Waals surface area contributed by atoms with Crippen LogP contribution in [0.15, 0.2) is 24.4 Å². The number of likely N-dealkylation sites (N-methyl/N-ethyl adjacent to an activating group) is 1. The Morgan fingerprint density at radius 3 is 2.96 bits per heavy atom. The first-order valence-electron chi connectivity index (χ1n) is 9.25. The SMILES string of the molecule is CN(Cc1ccccn1)C(=O)[C@@H]1C[C@H]2CCN(C3CCC3)C[C@@H]2O1. The van der Waals surface area contributed by atoms with Gasteiger partial charge in [-0.1, -0.05) is 12.5 Å². The summed E-state index contributed by atoms with van der Waals surface area (Å²) in [5.74, 6) is 0.656. The highest BCUT2D eigenvalue weighted by Crippen LogP contribution is 2.37. The number of fused-ring (bicyclic) bond motifs is 1. The number of carbonyl (C=O) groups excluding carboxylic acids is 1. The van der Waals surface area contributed by atoms with E-state index >= 15 is 0 Å². The standard InChI is InChI=1S/C19H27N3O2/c1-21(12-15-5-2-3-9-20-15)19(23)17-11-14-8-10-22(13-18(14)24-17)16-6-4-7-16/h2-3,5,9,14,16-18H,4,6-8,10-13H2,1H3/t14-,17+,18+/m1/s1. The number of piperidine rings is 1. The maximum atomic E-state index is 12.7. The minimum absolute atomic E-state index is 0.102. The van der Waals surface area contributed by atoms with Crippen molar-refractivity contribution in [2.45, 2.75) is 56.9 Å². The zero-order valence-electron chi connectivity index (χ0n) is 14.4. The van der Waals surface area contributed by atoms with E-state index < -0.39 is 0 Å². The number of amides is 1. The molecule has 0 spiro atoms. The summed E-state index contributed by atoms with van der Waals surface area (Å²) in [4.78, 5) is 21.4. The lowest BCUT2D eigenvalue weighted by Crippen LogP contribution is -2.49. The molecule has 3 heterocycles. The minimum Gasteiger partial charge on any atom is -0.364 e. The van der Waals surface area contributed by atoms with Crippen molar-refractivity contribution in [2.24, 2.45) is 5.92 Å². The molecule has 0 aromatic carbocycles.